The zero-order valence-corrected chi connectivity index (χ0v) is 12.0. The lowest BCUT2D eigenvalue weighted by Crippen LogP contribution is -2.50. The van der Waals surface area contributed by atoms with Gasteiger partial charge in [0.2, 0.25) is 0 Å². The molecule has 0 saturated heterocycles. The average molecular weight is 300 g/mol. The fourth-order valence-electron chi connectivity index (χ4n) is 2.27. The fraction of sp³-hybridized carbons (Fsp3) is 0.500. The molecule has 2 N–H and O–H groups in total. The molecule has 0 unspecified atom stereocenters. The van der Waals surface area contributed by atoms with Crippen LogP contribution in [0.4, 0.5) is 19.3 Å². The average Bonchev–Trinajstić information content (AvgIpc) is 2.37. The molecule has 0 atom stereocenters. The van der Waals surface area contributed by atoms with Gasteiger partial charge < -0.3 is 20.1 Å². The summed E-state index contributed by atoms with van der Waals surface area (Å²) >= 11 is 0. The first-order valence-corrected chi connectivity index (χ1v) is 6.63. The predicted octanol–water partition coefficient (Wildman–Crippen LogP) is 2.66. The van der Waals surface area contributed by atoms with Crippen LogP contribution in [-0.4, -0.2) is 32.4 Å². The number of nitrogens with one attached hydrogen (secondary N) is 2. The molecule has 0 radical (unpaired) electrons. The number of ether oxygens (including phenoxy) is 2. The van der Waals surface area contributed by atoms with Crippen molar-refractivity contribution >= 4 is 11.7 Å². The molecule has 0 heterocycles. The summed E-state index contributed by atoms with van der Waals surface area (Å²) in [6.07, 6.45) is 2.83. The summed E-state index contributed by atoms with van der Waals surface area (Å²) in [4.78, 5) is 11.7. The molecule has 0 aromatic heterocycles. The highest BCUT2D eigenvalue weighted by Gasteiger charge is 2.37. The molecule has 0 aliphatic heterocycles. The number of methoxy groups -OCH3 is 2. The first kappa shape index (κ1) is 15.5. The number of benzene rings is 1. The number of carbonyl (C=O) groups excluding carboxylic acids is 1. The van der Waals surface area contributed by atoms with Crippen molar-refractivity contribution in [3.05, 3.63) is 23.8 Å². The number of amides is 2. The summed E-state index contributed by atoms with van der Waals surface area (Å²) in [6.45, 7) is 0.358. The largest absolute Gasteiger partial charge is 0.491 e. The third-order valence-electron chi connectivity index (χ3n) is 3.73. The van der Waals surface area contributed by atoms with Gasteiger partial charge in [-0.25, -0.2) is 13.6 Å². The summed E-state index contributed by atoms with van der Waals surface area (Å²) in [6, 6.07) is 1.45. The van der Waals surface area contributed by atoms with Gasteiger partial charge in [-0.05, 0) is 19.3 Å². The van der Waals surface area contributed by atoms with Gasteiger partial charge in [0, 0.05) is 31.5 Å². The minimum Gasteiger partial charge on any atom is -0.491 e. The van der Waals surface area contributed by atoms with Gasteiger partial charge in [0.05, 0.1) is 12.7 Å². The first-order chi connectivity index (χ1) is 9.99. The molecular weight excluding hydrogens is 282 g/mol. The van der Waals surface area contributed by atoms with Crippen LogP contribution in [0.1, 0.15) is 19.3 Å². The SMILES string of the molecule is COc1c(F)cc(NC(=O)NCC2(OC)CCC2)cc1F. The van der Waals surface area contributed by atoms with Crippen LogP contribution in [0.5, 0.6) is 5.75 Å². The minimum atomic E-state index is -0.875. The van der Waals surface area contributed by atoms with E-state index < -0.39 is 23.4 Å². The molecule has 116 valence electrons. The van der Waals surface area contributed by atoms with Gasteiger partial charge in [-0.3, -0.25) is 0 Å². The molecule has 1 aliphatic carbocycles. The van der Waals surface area contributed by atoms with Crippen molar-refractivity contribution in [3.63, 3.8) is 0 Å². The molecular formula is C14H18F2N2O3. The number of urea groups is 1. The number of halogens is 2. The Hall–Kier alpha value is -1.89. The summed E-state index contributed by atoms with van der Waals surface area (Å²) in [7, 11) is 2.77. The highest BCUT2D eigenvalue weighted by molar-refractivity contribution is 5.89. The van der Waals surface area contributed by atoms with E-state index in [2.05, 4.69) is 15.4 Å². The molecule has 5 nitrogen and oxygen atoms in total. The lowest BCUT2D eigenvalue weighted by molar-refractivity contribution is -0.0671. The molecule has 2 rings (SSSR count). The quantitative estimate of drug-likeness (QED) is 0.879. The van der Waals surface area contributed by atoms with Gasteiger partial charge in [-0.1, -0.05) is 0 Å². The van der Waals surface area contributed by atoms with Gasteiger partial charge in [0.15, 0.2) is 17.4 Å². The van der Waals surface area contributed by atoms with E-state index in [1.165, 1.54) is 7.11 Å². The van der Waals surface area contributed by atoms with Crippen molar-refractivity contribution in [1.29, 1.82) is 0 Å². The van der Waals surface area contributed by atoms with Crippen LogP contribution in [0.3, 0.4) is 0 Å². The number of hydrogen-bond donors (Lipinski definition) is 2. The van der Waals surface area contributed by atoms with E-state index in [1.807, 2.05) is 0 Å². The topological polar surface area (TPSA) is 59.6 Å². The van der Waals surface area contributed by atoms with Crippen LogP contribution in [0, 0.1) is 11.6 Å². The van der Waals surface area contributed by atoms with Crippen LogP contribution in [0.25, 0.3) is 0 Å². The van der Waals surface area contributed by atoms with Gasteiger partial charge in [0.25, 0.3) is 0 Å². The standard InChI is InChI=1S/C14H18F2N2O3/c1-20-12-10(15)6-9(7-11(12)16)18-13(19)17-8-14(21-2)4-3-5-14/h6-7H,3-5,8H2,1-2H3,(H2,17,18,19). The third kappa shape index (κ3) is 3.41. The van der Waals surface area contributed by atoms with Crippen LogP contribution in [0.15, 0.2) is 12.1 Å². The molecule has 1 aliphatic rings. The highest BCUT2D eigenvalue weighted by Crippen LogP contribution is 2.34. The zero-order chi connectivity index (χ0) is 15.5. The van der Waals surface area contributed by atoms with Gasteiger partial charge in [-0.15, -0.1) is 0 Å². The zero-order valence-electron chi connectivity index (χ0n) is 12.0. The Morgan fingerprint density at radius 3 is 2.33 bits per heavy atom. The number of hydrogen-bond acceptors (Lipinski definition) is 3. The Bertz CT molecular complexity index is 504. The van der Waals surface area contributed by atoms with E-state index in [1.54, 1.807) is 7.11 Å². The number of anilines is 1. The van der Waals surface area contributed by atoms with E-state index >= 15 is 0 Å². The number of rotatable bonds is 5. The molecule has 1 aromatic rings. The smallest absolute Gasteiger partial charge is 0.319 e. The lowest BCUT2D eigenvalue weighted by atomic mass is 9.80. The van der Waals surface area contributed by atoms with Crippen molar-refractivity contribution in [2.24, 2.45) is 0 Å². The van der Waals surface area contributed by atoms with E-state index in [9.17, 15) is 13.6 Å². The molecule has 21 heavy (non-hydrogen) atoms. The Labute approximate surface area is 121 Å². The van der Waals surface area contributed by atoms with Crippen molar-refractivity contribution in [3.8, 4) is 5.75 Å². The minimum absolute atomic E-state index is 0.0170. The van der Waals surface area contributed by atoms with Crippen molar-refractivity contribution < 1.29 is 23.0 Å². The molecule has 0 spiro atoms. The monoisotopic (exact) mass is 300 g/mol. The van der Waals surface area contributed by atoms with E-state index in [4.69, 9.17) is 4.74 Å². The van der Waals surface area contributed by atoms with Crippen LogP contribution in [0.2, 0.25) is 0 Å². The van der Waals surface area contributed by atoms with Gasteiger partial charge in [-0.2, -0.15) is 0 Å². The molecule has 7 heteroatoms. The van der Waals surface area contributed by atoms with Crippen LogP contribution < -0.4 is 15.4 Å². The lowest BCUT2D eigenvalue weighted by Gasteiger charge is -2.40. The van der Waals surface area contributed by atoms with Crippen LogP contribution in [-0.2, 0) is 4.74 Å². The maximum Gasteiger partial charge on any atom is 0.319 e. The second-order valence-electron chi connectivity index (χ2n) is 5.02. The summed E-state index contributed by atoms with van der Waals surface area (Å²) in [5, 5.41) is 5.02. The highest BCUT2D eigenvalue weighted by atomic mass is 19.1. The Balaban J connectivity index is 1.93. The predicted molar refractivity (Wildman–Crippen MR) is 73.5 cm³/mol. The van der Waals surface area contributed by atoms with Crippen molar-refractivity contribution in [2.75, 3.05) is 26.1 Å². The molecule has 1 aromatic carbocycles. The molecule has 1 fully saturated rings. The molecule has 0 bridgehead atoms. The van der Waals surface area contributed by atoms with E-state index in [0.717, 1.165) is 31.4 Å². The Morgan fingerprint density at radius 1 is 1.29 bits per heavy atom. The van der Waals surface area contributed by atoms with Crippen molar-refractivity contribution in [1.82, 2.24) is 5.32 Å². The molecule has 2 amide bonds. The van der Waals surface area contributed by atoms with E-state index in [0.29, 0.717) is 6.54 Å². The second kappa shape index (κ2) is 6.26. The number of carbonyl (C=O) groups is 1. The molecule has 1 saturated carbocycles. The first-order valence-electron chi connectivity index (χ1n) is 6.63. The second-order valence-corrected chi connectivity index (χ2v) is 5.02. The summed E-state index contributed by atoms with van der Waals surface area (Å²) in [5.74, 6) is -2.23. The Kier molecular flexibility index (Phi) is 4.62. The summed E-state index contributed by atoms with van der Waals surface area (Å²) < 4.78 is 36.9. The van der Waals surface area contributed by atoms with Gasteiger partial charge in [0.1, 0.15) is 0 Å². The van der Waals surface area contributed by atoms with Crippen LogP contribution >= 0.6 is 0 Å². The van der Waals surface area contributed by atoms with Gasteiger partial charge >= 0.3 is 6.03 Å². The van der Waals surface area contributed by atoms with E-state index in [-0.39, 0.29) is 11.3 Å². The maximum atomic E-state index is 13.5. The van der Waals surface area contributed by atoms with Crippen molar-refractivity contribution in [2.45, 2.75) is 24.9 Å². The maximum absolute atomic E-state index is 13.5. The normalized spacial score (nSPS) is 16.0. The summed E-state index contributed by atoms with van der Waals surface area (Å²) in [5.41, 5.74) is -0.295. The fourth-order valence-corrected chi connectivity index (χ4v) is 2.27. The third-order valence-corrected chi connectivity index (χ3v) is 3.73. The Morgan fingerprint density at radius 2 is 1.90 bits per heavy atom.